The molecule has 0 spiro atoms. The Labute approximate surface area is 204 Å². The number of amides is 2. The van der Waals surface area contributed by atoms with Crippen LogP contribution in [0.1, 0.15) is 11.4 Å². The summed E-state index contributed by atoms with van der Waals surface area (Å²) in [4.78, 5) is 17.4. The highest BCUT2D eigenvalue weighted by atomic mass is 16.5. The van der Waals surface area contributed by atoms with Crippen LogP contribution in [0.3, 0.4) is 0 Å². The van der Waals surface area contributed by atoms with E-state index in [1.165, 1.54) is 0 Å². The van der Waals surface area contributed by atoms with Gasteiger partial charge in [-0.15, -0.1) is 0 Å². The van der Waals surface area contributed by atoms with Crippen LogP contribution in [0.15, 0.2) is 103 Å². The van der Waals surface area contributed by atoms with Crippen LogP contribution >= 0.6 is 0 Å². The van der Waals surface area contributed by atoms with Gasteiger partial charge in [-0.05, 0) is 72.6 Å². The first-order valence-corrected chi connectivity index (χ1v) is 11.5. The Bertz CT molecular complexity index is 1440. The summed E-state index contributed by atoms with van der Waals surface area (Å²) in [5.41, 5.74) is 5.74. The minimum Gasteiger partial charge on any atom is -0.497 e. The summed E-state index contributed by atoms with van der Waals surface area (Å²) >= 11 is 0. The lowest BCUT2D eigenvalue weighted by Gasteiger charge is -2.11. The van der Waals surface area contributed by atoms with Crippen LogP contribution in [0.25, 0.3) is 16.7 Å². The van der Waals surface area contributed by atoms with E-state index in [-0.39, 0.29) is 6.03 Å². The highest BCUT2D eigenvalue weighted by molar-refractivity contribution is 5.99. The number of anilines is 2. The number of nitrogens with one attached hydrogen (secondary N) is 2. The number of carbonyl (C=O) groups excluding carboxylic acids is 1. The lowest BCUT2D eigenvalue weighted by Crippen LogP contribution is -2.19. The summed E-state index contributed by atoms with van der Waals surface area (Å²) in [7, 11) is 1.61. The third-order valence-corrected chi connectivity index (χ3v) is 5.81. The first kappa shape index (κ1) is 22.2. The van der Waals surface area contributed by atoms with Crippen molar-refractivity contribution in [3.05, 3.63) is 115 Å². The zero-order valence-electron chi connectivity index (χ0n) is 19.4. The van der Waals surface area contributed by atoms with Gasteiger partial charge < -0.3 is 15.4 Å². The summed E-state index contributed by atoms with van der Waals surface area (Å²) in [5, 5.41) is 5.75. The van der Waals surface area contributed by atoms with Crippen molar-refractivity contribution in [1.29, 1.82) is 0 Å². The van der Waals surface area contributed by atoms with Crippen LogP contribution in [0.2, 0.25) is 0 Å². The van der Waals surface area contributed by atoms with Crippen molar-refractivity contribution in [3.8, 4) is 11.4 Å². The predicted molar refractivity (Wildman–Crippen MR) is 141 cm³/mol. The first-order chi connectivity index (χ1) is 17.2. The third-order valence-electron chi connectivity index (χ3n) is 5.81. The maximum atomic E-state index is 12.5. The van der Waals surface area contributed by atoms with E-state index in [2.05, 4.69) is 39.5 Å². The molecular formula is C29H26N4O2. The van der Waals surface area contributed by atoms with Gasteiger partial charge in [-0.3, -0.25) is 4.57 Å². The van der Waals surface area contributed by atoms with Gasteiger partial charge in [-0.25, -0.2) is 9.78 Å². The molecule has 174 valence electrons. The average molecular weight is 463 g/mol. The van der Waals surface area contributed by atoms with Crippen LogP contribution in [0, 0.1) is 0 Å². The number of hydrogen-bond acceptors (Lipinski definition) is 3. The highest BCUT2D eigenvalue weighted by Crippen LogP contribution is 2.23. The average Bonchev–Trinajstić information content (AvgIpc) is 3.27. The van der Waals surface area contributed by atoms with Gasteiger partial charge in [0.25, 0.3) is 0 Å². The van der Waals surface area contributed by atoms with Gasteiger partial charge in [0.15, 0.2) is 0 Å². The Morgan fingerprint density at radius 2 is 1.54 bits per heavy atom. The molecule has 2 N–H and O–H groups in total. The summed E-state index contributed by atoms with van der Waals surface area (Å²) in [6, 6.07) is 33.3. The third kappa shape index (κ3) is 5.17. The fourth-order valence-electron chi connectivity index (χ4n) is 4.14. The van der Waals surface area contributed by atoms with E-state index in [0.717, 1.165) is 52.4 Å². The molecule has 4 aromatic carbocycles. The van der Waals surface area contributed by atoms with E-state index in [9.17, 15) is 4.79 Å². The van der Waals surface area contributed by atoms with Gasteiger partial charge >= 0.3 is 6.03 Å². The number of ether oxygens (including phenoxy) is 1. The van der Waals surface area contributed by atoms with E-state index in [1.54, 1.807) is 31.4 Å². The number of nitrogens with zero attached hydrogens (tertiary/aromatic N) is 2. The van der Waals surface area contributed by atoms with Gasteiger partial charge in [0.05, 0.1) is 18.1 Å². The quantitative estimate of drug-likeness (QED) is 0.292. The van der Waals surface area contributed by atoms with E-state index in [1.807, 2.05) is 54.6 Å². The van der Waals surface area contributed by atoms with Crippen molar-refractivity contribution in [1.82, 2.24) is 9.55 Å². The Morgan fingerprint density at radius 3 is 2.34 bits per heavy atom. The Hall–Kier alpha value is -4.58. The lowest BCUT2D eigenvalue weighted by molar-refractivity contribution is 0.262. The lowest BCUT2D eigenvalue weighted by atomic mass is 10.1. The fourth-order valence-corrected chi connectivity index (χ4v) is 4.14. The van der Waals surface area contributed by atoms with Crippen LogP contribution in [0.4, 0.5) is 16.2 Å². The second-order valence-electron chi connectivity index (χ2n) is 8.20. The number of aromatic nitrogens is 2. The number of aryl methyl sites for hydroxylation is 2. The summed E-state index contributed by atoms with van der Waals surface area (Å²) < 4.78 is 7.38. The van der Waals surface area contributed by atoms with Crippen LogP contribution in [0.5, 0.6) is 5.75 Å². The molecule has 0 saturated heterocycles. The van der Waals surface area contributed by atoms with Crippen molar-refractivity contribution < 1.29 is 9.53 Å². The molecule has 1 heterocycles. The smallest absolute Gasteiger partial charge is 0.323 e. The van der Waals surface area contributed by atoms with Gasteiger partial charge in [0.2, 0.25) is 0 Å². The zero-order valence-corrected chi connectivity index (χ0v) is 19.4. The zero-order chi connectivity index (χ0) is 24.0. The number of urea groups is 1. The number of benzene rings is 4. The van der Waals surface area contributed by atoms with Crippen LogP contribution < -0.4 is 15.4 Å². The van der Waals surface area contributed by atoms with Gasteiger partial charge in [-0.1, -0.05) is 42.5 Å². The number of hydrogen-bond donors (Lipinski definition) is 2. The van der Waals surface area contributed by atoms with E-state index < -0.39 is 0 Å². The molecule has 0 aliphatic carbocycles. The van der Waals surface area contributed by atoms with E-state index in [0.29, 0.717) is 5.69 Å². The molecule has 6 heteroatoms. The van der Waals surface area contributed by atoms with Crippen molar-refractivity contribution >= 4 is 28.4 Å². The second-order valence-corrected chi connectivity index (χ2v) is 8.20. The standard InChI is InChI=1S/C29H26N4O2/c1-35-25-17-15-22(16-18-25)30-29(34)31-23-9-7-8-21(20-23)14-19-28-32-26-12-5-6-13-27(26)33(28)24-10-3-2-4-11-24/h2-13,15-18,20H,14,19H2,1H3,(H2,30,31,34). The molecule has 0 bridgehead atoms. The summed E-state index contributed by atoms with van der Waals surface area (Å²) in [6.45, 7) is 0. The molecule has 2 amide bonds. The Morgan fingerprint density at radius 1 is 0.800 bits per heavy atom. The predicted octanol–water partition coefficient (Wildman–Crippen LogP) is 6.46. The largest absolute Gasteiger partial charge is 0.497 e. The minimum absolute atomic E-state index is 0.293. The topological polar surface area (TPSA) is 68.2 Å². The monoisotopic (exact) mass is 462 g/mol. The van der Waals surface area contributed by atoms with Crippen molar-refractivity contribution in [2.45, 2.75) is 12.8 Å². The molecule has 0 fully saturated rings. The molecule has 0 unspecified atom stereocenters. The molecule has 0 aliphatic rings. The molecule has 0 atom stereocenters. The maximum Gasteiger partial charge on any atom is 0.323 e. The van der Waals surface area contributed by atoms with E-state index in [4.69, 9.17) is 9.72 Å². The molecule has 5 aromatic rings. The normalized spacial score (nSPS) is 10.8. The van der Waals surface area contributed by atoms with Crippen LogP contribution in [-0.4, -0.2) is 22.7 Å². The summed E-state index contributed by atoms with van der Waals surface area (Å²) in [5.74, 6) is 1.75. The Kier molecular flexibility index (Phi) is 6.44. The molecule has 5 rings (SSSR count). The Balaban J connectivity index is 1.29. The SMILES string of the molecule is COc1ccc(NC(=O)Nc2cccc(CCc3nc4ccccc4n3-c3ccccc3)c2)cc1. The van der Waals surface area contributed by atoms with Gasteiger partial charge in [-0.2, -0.15) is 0 Å². The van der Waals surface area contributed by atoms with Crippen molar-refractivity contribution in [2.75, 3.05) is 17.7 Å². The molecule has 0 aliphatic heterocycles. The summed E-state index contributed by atoms with van der Waals surface area (Å²) in [6.07, 6.45) is 1.57. The van der Waals surface area contributed by atoms with Crippen molar-refractivity contribution in [2.24, 2.45) is 0 Å². The number of fused-ring (bicyclic) bond motifs is 1. The fraction of sp³-hybridized carbons (Fsp3) is 0.103. The maximum absolute atomic E-state index is 12.5. The molecule has 0 radical (unpaired) electrons. The highest BCUT2D eigenvalue weighted by Gasteiger charge is 2.12. The minimum atomic E-state index is -0.293. The number of rotatable bonds is 7. The number of methoxy groups -OCH3 is 1. The van der Waals surface area contributed by atoms with Crippen molar-refractivity contribution in [3.63, 3.8) is 0 Å². The molecule has 6 nitrogen and oxygen atoms in total. The molecular weight excluding hydrogens is 436 g/mol. The molecule has 35 heavy (non-hydrogen) atoms. The van der Waals surface area contributed by atoms with E-state index >= 15 is 0 Å². The number of imidazole rings is 1. The molecule has 1 aromatic heterocycles. The van der Waals surface area contributed by atoms with Gasteiger partial charge in [0.1, 0.15) is 11.6 Å². The van der Waals surface area contributed by atoms with Crippen LogP contribution in [-0.2, 0) is 12.8 Å². The second kappa shape index (κ2) is 10.1. The van der Waals surface area contributed by atoms with Gasteiger partial charge in [0, 0.05) is 23.5 Å². The first-order valence-electron chi connectivity index (χ1n) is 11.5. The number of para-hydroxylation sites is 3. The number of carbonyl (C=O) groups is 1. The molecule has 0 saturated carbocycles.